The summed E-state index contributed by atoms with van der Waals surface area (Å²) in [6.45, 7) is 4.16. The lowest BCUT2D eigenvalue weighted by atomic mass is 10.1. The van der Waals surface area contributed by atoms with Crippen LogP contribution in [0.15, 0.2) is 77.9 Å². The molecular weight excluding hydrogens is 394 g/mol. The maximum absolute atomic E-state index is 11.6. The summed E-state index contributed by atoms with van der Waals surface area (Å²) in [4.78, 5) is 11.2. The lowest BCUT2D eigenvalue weighted by molar-refractivity contribution is -0.386. The number of hydrogen-bond donors (Lipinski definition) is 0. The summed E-state index contributed by atoms with van der Waals surface area (Å²) in [7, 11) is 1.46. The molecule has 0 unspecified atom stereocenters. The van der Waals surface area contributed by atoms with E-state index in [9.17, 15) is 10.1 Å². The quantitative estimate of drug-likeness (QED) is 0.262. The molecule has 0 spiro atoms. The predicted octanol–water partition coefficient (Wildman–Crippen LogP) is 5.43. The molecule has 0 aliphatic carbocycles. The topological polar surface area (TPSA) is 77.2 Å². The average Bonchev–Trinajstić information content (AvgIpc) is 2.77. The first-order valence-electron chi connectivity index (χ1n) is 9.91. The van der Waals surface area contributed by atoms with Gasteiger partial charge < -0.3 is 9.47 Å². The molecule has 31 heavy (non-hydrogen) atoms. The Kier molecular flexibility index (Phi) is 7.22. The van der Waals surface area contributed by atoms with Gasteiger partial charge in [0, 0.05) is 11.6 Å². The number of rotatable bonds is 9. The van der Waals surface area contributed by atoms with Crippen LogP contribution >= 0.6 is 0 Å². The van der Waals surface area contributed by atoms with Crippen LogP contribution in [-0.4, -0.2) is 24.4 Å². The maximum atomic E-state index is 11.6. The third kappa shape index (κ3) is 5.82. The van der Waals surface area contributed by atoms with Gasteiger partial charge in [-0.3, -0.25) is 15.1 Å². The van der Waals surface area contributed by atoms with Crippen molar-refractivity contribution in [2.24, 2.45) is 5.10 Å². The van der Waals surface area contributed by atoms with Crippen molar-refractivity contribution in [2.45, 2.75) is 26.5 Å². The second-order valence-electron chi connectivity index (χ2n) is 7.12. The minimum atomic E-state index is -0.476. The molecule has 0 aromatic heterocycles. The summed E-state index contributed by atoms with van der Waals surface area (Å²) in [6.07, 6.45) is 1.36. The molecule has 0 N–H and O–H groups in total. The third-order valence-electron chi connectivity index (χ3n) is 4.40. The summed E-state index contributed by atoms with van der Waals surface area (Å²) in [5, 5.41) is 18.1. The smallest absolute Gasteiger partial charge is 0.315 e. The number of anilines is 1. The molecule has 0 saturated heterocycles. The number of nitro groups is 1. The highest BCUT2D eigenvalue weighted by atomic mass is 16.6. The van der Waals surface area contributed by atoms with Gasteiger partial charge in [-0.15, -0.1) is 0 Å². The van der Waals surface area contributed by atoms with E-state index < -0.39 is 4.92 Å². The van der Waals surface area contributed by atoms with Gasteiger partial charge >= 0.3 is 5.69 Å². The highest BCUT2D eigenvalue weighted by Gasteiger charge is 2.23. The van der Waals surface area contributed by atoms with E-state index >= 15 is 0 Å². The van der Waals surface area contributed by atoms with E-state index in [4.69, 9.17) is 9.47 Å². The van der Waals surface area contributed by atoms with Crippen molar-refractivity contribution in [1.29, 1.82) is 0 Å². The molecule has 0 amide bonds. The molecule has 0 heterocycles. The molecule has 0 fully saturated rings. The Morgan fingerprint density at radius 1 is 1.06 bits per heavy atom. The fourth-order valence-electron chi connectivity index (χ4n) is 3.02. The lowest BCUT2D eigenvalue weighted by Crippen LogP contribution is -2.16. The minimum Gasteiger partial charge on any atom is -0.493 e. The summed E-state index contributed by atoms with van der Waals surface area (Å²) in [5.41, 5.74) is 2.37. The summed E-state index contributed by atoms with van der Waals surface area (Å²) < 4.78 is 11.0. The molecule has 0 saturated carbocycles. The molecule has 0 aliphatic heterocycles. The second kappa shape index (κ2) is 10.2. The molecule has 7 heteroatoms. The molecule has 0 atom stereocenters. The normalized spacial score (nSPS) is 11.0. The summed E-state index contributed by atoms with van der Waals surface area (Å²) in [5.74, 6) is 0.405. The zero-order valence-corrected chi connectivity index (χ0v) is 17.8. The second-order valence-corrected chi connectivity index (χ2v) is 7.12. The number of nitro benzene ring substituents is 1. The Morgan fingerprint density at radius 3 is 2.29 bits per heavy atom. The van der Waals surface area contributed by atoms with Crippen molar-refractivity contribution in [3.8, 4) is 11.5 Å². The highest BCUT2D eigenvalue weighted by Crippen LogP contribution is 2.38. The summed E-state index contributed by atoms with van der Waals surface area (Å²) >= 11 is 0. The van der Waals surface area contributed by atoms with Crippen LogP contribution < -0.4 is 14.5 Å². The molecule has 3 rings (SSSR count). The van der Waals surface area contributed by atoms with Crippen molar-refractivity contribution in [3.05, 3.63) is 94.0 Å². The van der Waals surface area contributed by atoms with Crippen molar-refractivity contribution >= 4 is 17.6 Å². The van der Waals surface area contributed by atoms with Crippen LogP contribution in [0.25, 0.3) is 0 Å². The molecule has 0 bridgehead atoms. The predicted molar refractivity (Wildman–Crippen MR) is 122 cm³/mol. The lowest BCUT2D eigenvalue weighted by Gasteiger charge is -2.19. The third-order valence-corrected chi connectivity index (χ3v) is 4.40. The molecule has 7 nitrogen and oxygen atoms in total. The van der Waals surface area contributed by atoms with E-state index in [0.717, 1.165) is 11.3 Å². The van der Waals surface area contributed by atoms with Crippen molar-refractivity contribution in [2.75, 3.05) is 12.1 Å². The van der Waals surface area contributed by atoms with Crippen LogP contribution in [-0.2, 0) is 6.54 Å². The van der Waals surface area contributed by atoms with Gasteiger partial charge in [0.15, 0.2) is 5.75 Å². The molecule has 160 valence electrons. The number of hydrogen-bond acceptors (Lipinski definition) is 6. The Balaban J connectivity index is 1.97. The fourth-order valence-corrected chi connectivity index (χ4v) is 3.02. The van der Waals surface area contributed by atoms with Gasteiger partial charge in [0.05, 0.1) is 36.6 Å². The van der Waals surface area contributed by atoms with Crippen LogP contribution in [0.3, 0.4) is 0 Å². The monoisotopic (exact) mass is 419 g/mol. The van der Waals surface area contributed by atoms with Gasteiger partial charge in [-0.1, -0.05) is 48.5 Å². The van der Waals surface area contributed by atoms with E-state index in [-0.39, 0.29) is 17.5 Å². The SMILES string of the molecule is COc1cc(/C=N/N(Cc2ccccc2)c2ccccc2)cc([N+](=O)[O-])c1OC(C)C. The first kappa shape index (κ1) is 21.8. The number of para-hydroxylation sites is 1. The van der Waals surface area contributed by atoms with E-state index in [1.54, 1.807) is 26.1 Å². The van der Waals surface area contributed by atoms with E-state index in [0.29, 0.717) is 17.9 Å². The van der Waals surface area contributed by atoms with Crippen LogP contribution in [0, 0.1) is 10.1 Å². The Hall–Kier alpha value is -3.87. The molecule has 3 aromatic rings. The van der Waals surface area contributed by atoms with Crippen LogP contribution in [0.2, 0.25) is 0 Å². The standard InChI is InChI=1S/C24H25N3O4/c1-18(2)31-24-22(27(28)29)14-20(15-23(24)30-3)16-25-26(21-12-8-5-9-13-21)17-19-10-6-4-7-11-19/h4-16,18H,17H2,1-3H3/b25-16+. The zero-order valence-electron chi connectivity index (χ0n) is 17.8. The van der Waals surface area contributed by atoms with Crippen molar-refractivity contribution < 1.29 is 14.4 Å². The first-order valence-corrected chi connectivity index (χ1v) is 9.91. The number of benzene rings is 3. The van der Waals surface area contributed by atoms with E-state index in [1.165, 1.54) is 13.2 Å². The molecule has 3 aromatic carbocycles. The Bertz CT molecular complexity index is 1040. The van der Waals surface area contributed by atoms with Gasteiger partial charge in [-0.25, -0.2) is 0 Å². The van der Waals surface area contributed by atoms with Crippen molar-refractivity contribution in [1.82, 2.24) is 0 Å². The van der Waals surface area contributed by atoms with Crippen molar-refractivity contribution in [3.63, 3.8) is 0 Å². The highest BCUT2D eigenvalue weighted by molar-refractivity contribution is 5.84. The van der Waals surface area contributed by atoms with Crippen LogP contribution in [0.4, 0.5) is 11.4 Å². The molecule has 0 aliphatic rings. The summed E-state index contributed by atoms with van der Waals surface area (Å²) in [6, 6.07) is 22.8. The maximum Gasteiger partial charge on any atom is 0.315 e. The van der Waals surface area contributed by atoms with Gasteiger partial charge in [0.25, 0.3) is 0 Å². The van der Waals surface area contributed by atoms with E-state index in [1.807, 2.05) is 65.7 Å². The van der Waals surface area contributed by atoms with Gasteiger partial charge in [0.1, 0.15) is 0 Å². The van der Waals surface area contributed by atoms with Crippen LogP contribution in [0.5, 0.6) is 11.5 Å². The Labute approximate surface area is 181 Å². The zero-order chi connectivity index (χ0) is 22.2. The first-order chi connectivity index (χ1) is 15.0. The number of nitrogens with zero attached hydrogens (tertiary/aromatic N) is 3. The minimum absolute atomic E-state index is 0.115. The average molecular weight is 419 g/mol. The van der Waals surface area contributed by atoms with E-state index in [2.05, 4.69) is 5.10 Å². The number of hydrazone groups is 1. The number of ether oxygens (including phenoxy) is 2. The Morgan fingerprint density at radius 2 is 1.71 bits per heavy atom. The fraction of sp³-hybridized carbons (Fsp3) is 0.208. The number of methoxy groups -OCH3 is 1. The van der Waals surface area contributed by atoms with Gasteiger partial charge in [0.2, 0.25) is 5.75 Å². The molecule has 0 radical (unpaired) electrons. The van der Waals surface area contributed by atoms with Gasteiger partial charge in [-0.2, -0.15) is 5.10 Å². The largest absolute Gasteiger partial charge is 0.493 e. The molecular formula is C24H25N3O4. The van der Waals surface area contributed by atoms with Gasteiger partial charge in [-0.05, 0) is 37.6 Å². The van der Waals surface area contributed by atoms with Crippen LogP contribution in [0.1, 0.15) is 25.0 Å².